The summed E-state index contributed by atoms with van der Waals surface area (Å²) in [6.45, 7) is 3.60. The van der Waals surface area contributed by atoms with Gasteiger partial charge in [-0.1, -0.05) is 6.07 Å². The molecule has 0 aliphatic carbocycles. The van der Waals surface area contributed by atoms with Gasteiger partial charge in [-0.25, -0.2) is 9.97 Å². The van der Waals surface area contributed by atoms with E-state index in [-0.39, 0.29) is 0 Å². The van der Waals surface area contributed by atoms with Crippen LogP contribution in [0.25, 0.3) is 0 Å². The Balaban J connectivity index is 1.75. The predicted molar refractivity (Wildman–Crippen MR) is 86.5 cm³/mol. The lowest BCUT2D eigenvalue weighted by Crippen LogP contribution is -2.44. The van der Waals surface area contributed by atoms with Gasteiger partial charge in [0.2, 0.25) is 0 Å². The molecule has 1 aromatic heterocycles. The average Bonchev–Trinajstić information content (AvgIpc) is 2.55. The maximum Gasteiger partial charge on any atom is 0.416 e. The topological polar surface area (TPSA) is 44.3 Å². The quantitative estimate of drug-likeness (QED) is 0.933. The van der Waals surface area contributed by atoms with Crippen LogP contribution in [0.3, 0.4) is 0 Å². The standard InChI is InChI=1S/C16H18F3N5/c1-23-5-7-24(8-6-23)15-10-14(20-11-21-15)22-13-4-2-3-12(9-13)16(17,18)19/h2-4,9-11H,5-8H2,1H3,(H,20,21,22). The molecule has 0 unspecified atom stereocenters. The maximum atomic E-state index is 12.8. The molecule has 1 aliphatic heterocycles. The average molecular weight is 337 g/mol. The van der Waals surface area contributed by atoms with Crippen molar-refractivity contribution >= 4 is 17.3 Å². The van der Waals surface area contributed by atoms with Crippen LogP contribution in [0, 0.1) is 0 Å². The molecule has 1 aromatic carbocycles. The highest BCUT2D eigenvalue weighted by Crippen LogP contribution is 2.31. The van der Waals surface area contributed by atoms with Gasteiger partial charge in [0.25, 0.3) is 0 Å². The second-order valence-corrected chi connectivity index (χ2v) is 5.76. The molecule has 0 spiro atoms. The van der Waals surface area contributed by atoms with Crippen LogP contribution in [0.2, 0.25) is 0 Å². The largest absolute Gasteiger partial charge is 0.416 e. The molecule has 0 atom stereocenters. The highest BCUT2D eigenvalue weighted by atomic mass is 19.4. The van der Waals surface area contributed by atoms with Crippen molar-refractivity contribution in [2.75, 3.05) is 43.4 Å². The summed E-state index contributed by atoms with van der Waals surface area (Å²) in [6, 6.07) is 6.81. The highest BCUT2D eigenvalue weighted by molar-refractivity contribution is 5.60. The van der Waals surface area contributed by atoms with Crippen LogP contribution < -0.4 is 10.2 Å². The Morgan fingerprint density at radius 2 is 1.79 bits per heavy atom. The van der Waals surface area contributed by atoms with Crippen molar-refractivity contribution in [3.63, 3.8) is 0 Å². The number of nitrogens with one attached hydrogen (secondary N) is 1. The Hall–Kier alpha value is -2.35. The maximum absolute atomic E-state index is 12.8. The number of hydrogen-bond acceptors (Lipinski definition) is 5. The number of rotatable bonds is 3. The van der Waals surface area contributed by atoms with Crippen molar-refractivity contribution in [2.24, 2.45) is 0 Å². The predicted octanol–water partition coefficient (Wildman–Crippen LogP) is 2.99. The second kappa shape index (κ2) is 6.64. The molecular formula is C16H18F3N5. The molecule has 128 valence electrons. The minimum atomic E-state index is -4.37. The van der Waals surface area contributed by atoms with Crippen LogP contribution in [-0.2, 0) is 6.18 Å². The molecule has 2 aromatic rings. The third kappa shape index (κ3) is 3.94. The van der Waals surface area contributed by atoms with Crippen molar-refractivity contribution in [1.29, 1.82) is 0 Å². The molecule has 2 heterocycles. The number of hydrogen-bond donors (Lipinski definition) is 1. The first kappa shape index (κ1) is 16.5. The summed E-state index contributed by atoms with van der Waals surface area (Å²) in [5, 5.41) is 2.92. The van der Waals surface area contributed by atoms with Crippen LogP contribution in [0.4, 0.5) is 30.5 Å². The van der Waals surface area contributed by atoms with Gasteiger partial charge in [0.1, 0.15) is 18.0 Å². The van der Waals surface area contributed by atoms with Crippen LogP contribution in [0.1, 0.15) is 5.56 Å². The first-order chi connectivity index (χ1) is 11.4. The van der Waals surface area contributed by atoms with E-state index in [1.54, 1.807) is 12.1 Å². The van der Waals surface area contributed by atoms with Gasteiger partial charge < -0.3 is 15.1 Å². The van der Waals surface area contributed by atoms with Gasteiger partial charge in [-0.05, 0) is 25.2 Å². The summed E-state index contributed by atoms with van der Waals surface area (Å²) in [7, 11) is 2.07. The molecule has 5 nitrogen and oxygen atoms in total. The van der Waals surface area contributed by atoms with E-state index in [2.05, 4.69) is 32.1 Å². The molecule has 1 saturated heterocycles. The molecule has 0 bridgehead atoms. The molecule has 0 radical (unpaired) electrons. The van der Waals surface area contributed by atoms with Gasteiger partial charge in [-0.15, -0.1) is 0 Å². The molecule has 24 heavy (non-hydrogen) atoms. The molecule has 1 aliphatic rings. The van der Waals surface area contributed by atoms with E-state index < -0.39 is 11.7 Å². The normalized spacial score (nSPS) is 16.2. The van der Waals surface area contributed by atoms with E-state index in [0.29, 0.717) is 11.5 Å². The smallest absolute Gasteiger partial charge is 0.354 e. The summed E-state index contributed by atoms with van der Waals surface area (Å²) in [5.74, 6) is 1.24. The van der Waals surface area contributed by atoms with Crippen LogP contribution in [-0.4, -0.2) is 48.1 Å². The second-order valence-electron chi connectivity index (χ2n) is 5.76. The lowest BCUT2D eigenvalue weighted by molar-refractivity contribution is -0.137. The number of piperazine rings is 1. The van der Waals surface area contributed by atoms with Gasteiger partial charge >= 0.3 is 6.18 Å². The zero-order chi connectivity index (χ0) is 17.2. The van der Waals surface area contributed by atoms with E-state index >= 15 is 0 Å². The number of nitrogens with zero attached hydrogens (tertiary/aromatic N) is 4. The number of anilines is 3. The Morgan fingerprint density at radius 1 is 1.04 bits per heavy atom. The fourth-order valence-electron chi connectivity index (χ4n) is 2.55. The monoisotopic (exact) mass is 337 g/mol. The SMILES string of the molecule is CN1CCN(c2cc(Nc3cccc(C(F)(F)F)c3)ncn2)CC1. The van der Waals surface area contributed by atoms with Gasteiger partial charge in [-0.3, -0.25) is 0 Å². The minimum absolute atomic E-state index is 0.341. The van der Waals surface area contributed by atoms with Gasteiger partial charge in [-0.2, -0.15) is 13.2 Å². The zero-order valence-corrected chi connectivity index (χ0v) is 13.2. The zero-order valence-electron chi connectivity index (χ0n) is 13.2. The summed E-state index contributed by atoms with van der Waals surface area (Å²) >= 11 is 0. The number of alkyl halides is 3. The molecule has 0 saturated carbocycles. The van der Waals surface area contributed by atoms with Gasteiger partial charge in [0.05, 0.1) is 5.56 Å². The van der Waals surface area contributed by atoms with E-state index in [1.165, 1.54) is 12.4 Å². The van der Waals surface area contributed by atoms with Crippen LogP contribution in [0.5, 0.6) is 0 Å². The van der Waals surface area contributed by atoms with Crippen molar-refractivity contribution in [3.8, 4) is 0 Å². The molecule has 1 N–H and O–H groups in total. The van der Waals surface area contributed by atoms with Crippen molar-refractivity contribution in [3.05, 3.63) is 42.2 Å². The third-order valence-electron chi connectivity index (χ3n) is 3.94. The summed E-state index contributed by atoms with van der Waals surface area (Å²) in [6.07, 6.45) is -2.95. The first-order valence-corrected chi connectivity index (χ1v) is 7.62. The Labute approximate surface area is 138 Å². The molecule has 0 amide bonds. The minimum Gasteiger partial charge on any atom is -0.354 e. The fraction of sp³-hybridized carbons (Fsp3) is 0.375. The highest BCUT2D eigenvalue weighted by Gasteiger charge is 2.30. The Kier molecular flexibility index (Phi) is 4.57. The van der Waals surface area contributed by atoms with E-state index in [9.17, 15) is 13.2 Å². The van der Waals surface area contributed by atoms with Crippen molar-refractivity contribution in [1.82, 2.24) is 14.9 Å². The molecular weight excluding hydrogens is 319 g/mol. The Bertz CT molecular complexity index is 696. The number of likely N-dealkylation sites (N-methyl/N-ethyl adjacent to an activating group) is 1. The van der Waals surface area contributed by atoms with Crippen molar-refractivity contribution in [2.45, 2.75) is 6.18 Å². The molecule has 1 fully saturated rings. The van der Waals surface area contributed by atoms with Crippen LogP contribution >= 0.6 is 0 Å². The van der Waals surface area contributed by atoms with Gasteiger partial charge in [0, 0.05) is 37.9 Å². The lowest BCUT2D eigenvalue weighted by Gasteiger charge is -2.33. The van der Waals surface area contributed by atoms with E-state index in [4.69, 9.17) is 0 Å². The van der Waals surface area contributed by atoms with E-state index in [0.717, 1.165) is 44.1 Å². The van der Waals surface area contributed by atoms with Crippen LogP contribution in [0.15, 0.2) is 36.7 Å². The first-order valence-electron chi connectivity index (χ1n) is 7.62. The number of benzene rings is 1. The molecule has 8 heteroatoms. The summed E-state index contributed by atoms with van der Waals surface area (Å²) in [4.78, 5) is 12.7. The Morgan fingerprint density at radius 3 is 2.50 bits per heavy atom. The molecule has 3 rings (SSSR count). The summed E-state index contributed by atoms with van der Waals surface area (Å²) in [5.41, 5.74) is -0.353. The third-order valence-corrected chi connectivity index (χ3v) is 3.94. The van der Waals surface area contributed by atoms with Crippen molar-refractivity contribution < 1.29 is 13.2 Å². The number of aromatic nitrogens is 2. The van der Waals surface area contributed by atoms with E-state index in [1.807, 2.05) is 0 Å². The van der Waals surface area contributed by atoms with Gasteiger partial charge in [0.15, 0.2) is 0 Å². The lowest BCUT2D eigenvalue weighted by atomic mass is 10.2. The fourth-order valence-corrected chi connectivity index (χ4v) is 2.55. The number of halogens is 3. The summed E-state index contributed by atoms with van der Waals surface area (Å²) < 4.78 is 38.3.